The van der Waals surface area contributed by atoms with Crippen LogP contribution in [0.25, 0.3) is 33.4 Å². The lowest BCUT2D eigenvalue weighted by molar-refractivity contribution is 0.444. The van der Waals surface area contributed by atoms with Crippen LogP contribution >= 0.6 is 0 Å². The summed E-state index contributed by atoms with van der Waals surface area (Å²) in [6, 6.07) is 35.5. The summed E-state index contributed by atoms with van der Waals surface area (Å²) in [5, 5.41) is 44.6. The molecule has 0 amide bonds. The Kier molecular flexibility index (Phi) is 6.48. The molecule has 4 N–H and O–H groups in total. The zero-order valence-electron chi connectivity index (χ0n) is 25.7. The molecule has 0 aromatic heterocycles. The number of phenolic OH excluding ortho intramolecular Hbond substituents is 4. The zero-order chi connectivity index (χ0) is 31.6. The Morgan fingerprint density at radius 3 is 1.16 bits per heavy atom. The molecule has 7 rings (SSSR count). The van der Waals surface area contributed by atoms with Crippen LogP contribution in [0.15, 0.2) is 109 Å². The Bertz CT molecular complexity index is 2000. The van der Waals surface area contributed by atoms with Crippen molar-refractivity contribution in [2.45, 2.75) is 33.1 Å². The molecule has 0 fully saturated rings. The summed E-state index contributed by atoms with van der Waals surface area (Å²) in [6.45, 7) is 7.54. The summed E-state index contributed by atoms with van der Waals surface area (Å²) in [5.41, 5.74) is 10.8. The second-order valence-electron chi connectivity index (χ2n) is 12.2. The predicted octanol–water partition coefficient (Wildman–Crippen LogP) is 9.44. The first-order valence-corrected chi connectivity index (χ1v) is 15.1. The van der Waals surface area contributed by atoms with Crippen LogP contribution in [-0.2, 0) is 5.41 Å². The van der Waals surface area contributed by atoms with Gasteiger partial charge in [0.2, 0.25) is 0 Å². The summed E-state index contributed by atoms with van der Waals surface area (Å²) in [5.74, 6) is 0.768. The monoisotopic (exact) mass is 590 g/mol. The highest BCUT2D eigenvalue weighted by molar-refractivity contribution is 5.89. The van der Waals surface area contributed by atoms with Gasteiger partial charge in [0.1, 0.15) is 23.0 Å². The van der Waals surface area contributed by atoms with Crippen molar-refractivity contribution in [3.8, 4) is 56.4 Å². The maximum atomic E-state index is 12.1. The van der Waals surface area contributed by atoms with Gasteiger partial charge in [0, 0.05) is 11.1 Å². The van der Waals surface area contributed by atoms with E-state index in [0.717, 1.165) is 55.6 Å². The van der Waals surface area contributed by atoms with Crippen LogP contribution in [0.4, 0.5) is 0 Å². The first-order chi connectivity index (χ1) is 21.6. The Labute approximate surface area is 263 Å². The third-order valence-corrected chi connectivity index (χ3v) is 9.42. The van der Waals surface area contributed by atoms with Gasteiger partial charge in [0.05, 0.1) is 5.41 Å². The van der Waals surface area contributed by atoms with Crippen molar-refractivity contribution in [2.75, 3.05) is 0 Å². The first kappa shape index (κ1) is 28.3. The summed E-state index contributed by atoms with van der Waals surface area (Å²) >= 11 is 0. The van der Waals surface area contributed by atoms with Crippen LogP contribution in [-0.4, -0.2) is 20.4 Å². The predicted molar refractivity (Wildman–Crippen MR) is 180 cm³/mol. The topological polar surface area (TPSA) is 80.9 Å². The molecule has 0 aliphatic heterocycles. The smallest absolute Gasteiger partial charge is 0.123 e. The maximum Gasteiger partial charge on any atom is 0.123 e. The Balaban J connectivity index is 1.63. The van der Waals surface area contributed by atoms with E-state index in [1.54, 1.807) is 12.1 Å². The summed E-state index contributed by atoms with van der Waals surface area (Å²) < 4.78 is 0. The van der Waals surface area contributed by atoms with Gasteiger partial charge in [0.25, 0.3) is 0 Å². The van der Waals surface area contributed by atoms with E-state index in [4.69, 9.17) is 0 Å². The minimum Gasteiger partial charge on any atom is -0.508 e. The maximum absolute atomic E-state index is 12.1. The first-order valence-electron chi connectivity index (χ1n) is 15.1. The van der Waals surface area contributed by atoms with E-state index in [-0.39, 0.29) is 23.0 Å². The van der Waals surface area contributed by atoms with Gasteiger partial charge >= 0.3 is 0 Å². The second-order valence-corrected chi connectivity index (χ2v) is 12.2. The van der Waals surface area contributed by atoms with E-state index < -0.39 is 5.41 Å². The fourth-order valence-electron chi connectivity index (χ4n) is 7.09. The average molecular weight is 591 g/mol. The van der Waals surface area contributed by atoms with Crippen molar-refractivity contribution in [3.63, 3.8) is 0 Å². The lowest BCUT2D eigenvalue weighted by Crippen LogP contribution is -2.29. The van der Waals surface area contributed by atoms with Crippen LogP contribution in [0.3, 0.4) is 0 Å². The number of rotatable bonds is 4. The summed E-state index contributed by atoms with van der Waals surface area (Å²) in [6.07, 6.45) is 0. The molecule has 0 bridgehead atoms. The molecule has 0 radical (unpaired) electrons. The molecule has 1 aliphatic rings. The average Bonchev–Trinajstić information content (AvgIpc) is 3.33. The largest absolute Gasteiger partial charge is 0.508 e. The molecular formula is C41H34O4. The third-order valence-electron chi connectivity index (χ3n) is 9.42. The number of aryl methyl sites for hydroxylation is 4. The normalized spacial score (nSPS) is 13.0. The van der Waals surface area contributed by atoms with Crippen molar-refractivity contribution in [2.24, 2.45) is 0 Å². The highest BCUT2D eigenvalue weighted by Crippen LogP contribution is 2.60. The molecule has 222 valence electrons. The van der Waals surface area contributed by atoms with Gasteiger partial charge in [-0.25, -0.2) is 0 Å². The van der Waals surface area contributed by atoms with Crippen LogP contribution in [0, 0.1) is 27.7 Å². The van der Waals surface area contributed by atoms with Gasteiger partial charge in [-0.1, -0.05) is 60.7 Å². The molecule has 0 saturated heterocycles. The van der Waals surface area contributed by atoms with Crippen molar-refractivity contribution < 1.29 is 20.4 Å². The fourth-order valence-corrected chi connectivity index (χ4v) is 7.09. The highest BCUT2D eigenvalue weighted by atomic mass is 16.3. The van der Waals surface area contributed by atoms with Crippen molar-refractivity contribution in [1.82, 2.24) is 0 Å². The number of aromatic hydroxyl groups is 4. The number of benzene rings is 6. The fraction of sp³-hybridized carbons (Fsp3) is 0.122. The van der Waals surface area contributed by atoms with E-state index in [9.17, 15) is 20.4 Å². The second kappa shape index (κ2) is 10.3. The molecule has 0 atom stereocenters. The molecule has 0 heterocycles. The van der Waals surface area contributed by atoms with E-state index in [1.807, 2.05) is 100 Å². The zero-order valence-corrected chi connectivity index (χ0v) is 25.7. The standard InChI is InChI=1S/C41H34O4/c1-23-17-27(13-15-37(23)42)29-19-25(3)39(44)35(21-29)41(33-11-7-5-9-31(33)32-10-6-8-12-34(32)41)36-22-30(20-26(4)40(36)45)28-14-16-38(43)24(2)18-28/h5-22,42-45H,1-4H3. The number of hydrogen-bond acceptors (Lipinski definition) is 4. The Morgan fingerprint density at radius 2 is 0.756 bits per heavy atom. The molecule has 0 saturated carbocycles. The summed E-state index contributed by atoms with van der Waals surface area (Å²) in [4.78, 5) is 0. The molecule has 0 unspecified atom stereocenters. The minimum atomic E-state index is -1.07. The lowest BCUT2D eigenvalue weighted by Gasteiger charge is -2.36. The highest BCUT2D eigenvalue weighted by Gasteiger charge is 2.49. The van der Waals surface area contributed by atoms with E-state index in [0.29, 0.717) is 22.3 Å². The molecule has 6 aromatic carbocycles. The molecule has 4 nitrogen and oxygen atoms in total. The van der Waals surface area contributed by atoms with Crippen LogP contribution < -0.4 is 0 Å². The van der Waals surface area contributed by atoms with Crippen LogP contribution in [0.5, 0.6) is 23.0 Å². The minimum absolute atomic E-state index is 0.156. The van der Waals surface area contributed by atoms with Gasteiger partial charge in [-0.2, -0.15) is 0 Å². The number of fused-ring (bicyclic) bond motifs is 3. The van der Waals surface area contributed by atoms with Gasteiger partial charge in [-0.05, 0) is 143 Å². The summed E-state index contributed by atoms with van der Waals surface area (Å²) in [7, 11) is 0. The molecular weight excluding hydrogens is 556 g/mol. The Hall–Kier alpha value is -5.48. The number of phenols is 4. The van der Waals surface area contributed by atoms with E-state index in [1.165, 1.54) is 0 Å². The van der Waals surface area contributed by atoms with E-state index >= 15 is 0 Å². The molecule has 6 aromatic rings. The van der Waals surface area contributed by atoms with Crippen molar-refractivity contribution >= 4 is 0 Å². The molecule has 0 spiro atoms. The van der Waals surface area contributed by atoms with Gasteiger partial charge in [-0.3, -0.25) is 0 Å². The Morgan fingerprint density at radius 1 is 0.378 bits per heavy atom. The van der Waals surface area contributed by atoms with Crippen LogP contribution in [0.1, 0.15) is 44.5 Å². The molecule has 4 heteroatoms. The van der Waals surface area contributed by atoms with Crippen molar-refractivity contribution in [1.29, 1.82) is 0 Å². The molecule has 1 aliphatic carbocycles. The SMILES string of the molecule is Cc1cc(-c2cc(C)c(O)c(C3(c4cc(-c5ccc(O)c(C)c5)cc(C)c4O)c4ccccc4-c4ccccc43)c2)ccc1O. The van der Waals surface area contributed by atoms with Gasteiger partial charge in [-0.15, -0.1) is 0 Å². The van der Waals surface area contributed by atoms with E-state index in [2.05, 4.69) is 24.3 Å². The van der Waals surface area contributed by atoms with Gasteiger partial charge in [0.15, 0.2) is 0 Å². The van der Waals surface area contributed by atoms with Crippen LogP contribution in [0.2, 0.25) is 0 Å². The molecule has 45 heavy (non-hydrogen) atoms. The lowest BCUT2D eigenvalue weighted by atomic mass is 9.65. The number of hydrogen-bond donors (Lipinski definition) is 4. The van der Waals surface area contributed by atoms with Gasteiger partial charge < -0.3 is 20.4 Å². The van der Waals surface area contributed by atoms with Crippen molar-refractivity contribution in [3.05, 3.63) is 154 Å². The third kappa shape index (κ3) is 4.21. The quantitative estimate of drug-likeness (QED) is 0.165.